The summed E-state index contributed by atoms with van der Waals surface area (Å²) >= 11 is 0. The van der Waals surface area contributed by atoms with Crippen LogP contribution >= 0.6 is 0 Å². The van der Waals surface area contributed by atoms with E-state index in [1.807, 2.05) is 12.3 Å². The largest absolute Gasteiger partial charge is 0.352 e. The van der Waals surface area contributed by atoms with Gasteiger partial charge in [0.1, 0.15) is 5.82 Å². The van der Waals surface area contributed by atoms with Crippen molar-refractivity contribution in [1.82, 2.24) is 4.98 Å². The second-order valence-electron chi connectivity index (χ2n) is 5.32. The van der Waals surface area contributed by atoms with E-state index in [2.05, 4.69) is 31.1 Å². The van der Waals surface area contributed by atoms with Crippen molar-refractivity contribution in [3.05, 3.63) is 54.1 Å². The highest BCUT2D eigenvalue weighted by molar-refractivity contribution is 5.60. The second kappa shape index (κ2) is 4.77. The lowest BCUT2D eigenvalue weighted by Gasteiger charge is -2.19. The van der Waals surface area contributed by atoms with Crippen LogP contribution in [0.3, 0.4) is 0 Å². The predicted octanol–water partition coefficient (Wildman–Crippen LogP) is 4.26. The van der Waals surface area contributed by atoms with E-state index < -0.39 is 0 Å². The summed E-state index contributed by atoms with van der Waals surface area (Å²) in [6.45, 7) is 6.37. The molecule has 18 heavy (non-hydrogen) atoms. The molecule has 0 radical (unpaired) electrons. The SMILES string of the molecule is CC(C)(C)c1cncc(Nc2ccccc2F)c1. The molecule has 2 aromatic rings. The molecular weight excluding hydrogens is 227 g/mol. The molecular formula is C15H17FN2. The van der Waals surface area contributed by atoms with E-state index in [4.69, 9.17) is 0 Å². The summed E-state index contributed by atoms with van der Waals surface area (Å²) < 4.78 is 13.5. The quantitative estimate of drug-likeness (QED) is 0.853. The molecule has 0 fully saturated rings. The smallest absolute Gasteiger partial charge is 0.146 e. The molecule has 0 atom stereocenters. The molecule has 0 saturated carbocycles. The number of anilines is 2. The van der Waals surface area contributed by atoms with Crippen LogP contribution < -0.4 is 5.32 Å². The minimum Gasteiger partial charge on any atom is -0.352 e. The molecule has 0 unspecified atom stereocenters. The summed E-state index contributed by atoms with van der Waals surface area (Å²) in [7, 11) is 0. The summed E-state index contributed by atoms with van der Waals surface area (Å²) in [6, 6.07) is 8.61. The lowest BCUT2D eigenvalue weighted by molar-refractivity contribution is 0.588. The average Bonchev–Trinajstić information content (AvgIpc) is 2.31. The van der Waals surface area contributed by atoms with Gasteiger partial charge in [0.15, 0.2) is 0 Å². The predicted molar refractivity (Wildman–Crippen MR) is 72.6 cm³/mol. The molecule has 1 aromatic heterocycles. The monoisotopic (exact) mass is 244 g/mol. The molecule has 0 bridgehead atoms. The van der Waals surface area contributed by atoms with Crippen LogP contribution in [0.2, 0.25) is 0 Å². The summed E-state index contributed by atoms with van der Waals surface area (Å²) in [5.74, 6) is -0.265. The van der Waals surface area contributed by atoms with Gasteiger partial charge in [-0.2, -0.15) is 0 Å². The number of aromatic nitrogens is 1. The maximum atomic E-state index is 13.5. The number of nitrogens with zero attached hydrogens (tertiary/aromatic N) is 1. The van der Waals surface area contributed by atoms with Gasteiger partial charge in [0.25, 0.3) is 0 Å². The number of rotatable bonds is 2. The third-order valence-electron chi connectivity index (χ3n) is 2.76. The van der Waals surface area contributed by atoms with Crippen molar-refractivity contribution in [2.24, 2.45) is 0 Å². The lowest BCUT2D eigenvalue weighted by atomic mass is 9.88. The van der Waals surface area contributed by atoms with E-state index in [9.17, 15) is 4.39 Å². The van der Waals surface area contributed by atoms with Gasteiger partial charge in [-0.15, -0.1) is 0 Å². The molecule has 0 aliphatic heterocycles. The molecule has 0 aliphatic carbocycles. The van der Waals surface area contributed by atoms with Crippen molar-refractivity contribution >= 4 is 11.4 Å². The average molecular weight is 244 g/mol. The van der Waals surface area contributed by atoms with Gasteiger partial charge in [0, 0.05) is 6.20 Å². The van der Waals surface area contributed by atoms with E-state index in [1.165, 1.54) is 6.07 Å². The summed E-state index contributed by atoms with van der Waals surface area (Å²) in [6.07, 6.45) is 3.54. The molecule has 3 heteroatoms. The van der Waals surface area contributed by atoms with Crippen molar-refractivity contribution < 1.29 is 4.39 Å². The van der Waals surface area contributed by atoms with Gasteiger partial charge < -0.3 is 5.32 Å². The first-order valence-electron chi connectivity index (χ1n) is 5.94. The Morgan fingerprint density at radius 2 is 1.83 bits per heavy atom. The zero-order chi connectivity index (χ0) is 13.2. The zero-order valence-corrected chi connectivity index (χ0v) is 10.9. The standard InChI is InChI=1S/C15H17FN2/c1-15(2,3)11-8-12(10-17-9-11)18-14-7-5-4-6-13(14)16/h4-10,18H,1-3H3. The van der Waals surface area contributed by atoms with Crippen molar-refractivity contribution in [3.63, 3.8) is 0 Å². The highest BCUT2D eigenvalue weighted by Gasteiger charge is 2.14. The molecule has 94 valence electrons. The highest BCUT2D eigenvalue weighted by atomic mass is 19.1. The summed E-state index contributed by atoms with van der Waals surface area (Å²) in [4.78, 5) is 4.19. The Morgan fingerprint density at radius 3 is 2.50 bits per heavy atom. The number of pyridine rings is 1. The Hall–Kier alpha value is -1.90. The van der Waals surface area contributed by atoms with Crippen LogP contribution in [0, 0.1) is 5.82 Å². The molecule has 0 aliphatic rings. The van der Waals surface area contributed by atoms with E-state index in [1.54, 1.807) is 24.4 Å². The van der Waals surface area contributed by atoms with Gasteiger partial charge in [-0.25, -0.2) is 4.39 Å². The van der Waals surface area contributed by atoms with Crippen LogP contribution in [0.5, 0.6) is 0 Å². The Balaban J connectivity index is 2.28. The Morgan fingerprint density at radius 1 is 1.11 bits per heavy atom. The molecule has 1 N–H and O–H groups in total. The summed E-state index contributed by atoms with van der Waals surface area (Å²) in [5.41, 5.74) is 2.40. The molecule has 2 rings (SSSR count). The van der Waals surface area contributed by atoms with Crippen LogP contribution in [0.4, 0.5) is 15.8 Å². The highest BCUT2D eigenvalue weighted by Crippen LogP contribution is 2.25. The van der Waals surface area contributed by atoms with Crippen LogP contribution in [0.15, 0.2) is 42.7 Å². The lowest BCUT2D eigenvalue weighted by Crippen LogP contribution is -2.11. The van der Waals surface area contributed by atoms with Crippen molar-refractivity contribution in [3.8, 4) is 0 Å². The third-order valence-corrected chi connectivity index (χ3v) is 2.76. The van der Waals surface area contributed by atoms with Gasteiger partial charge in [-0.3, -0.25) is 4.98 Å². The second-order valence-corrected chi connectivity index (χ2v) is 5.32. The third kappa shape index (κ3) is 2.86. The van der Waals surface area contributed by atoms with Crippen LogP contribution in [0.25, 0.3) is 0 Å². The number of para-hydroxylation sites is 1. The molecule has 0 spiro atoms. The normalized spacial score (nSPS) is 11.3. The summed E-state index contributed by atoms with van der Waals surface area (Å²) in [5, 5.41) is 3.05. The maximum absolute atomic E-state index is 13.5. The van der Waals surface area contributed by atoms with Gasteiger partial charge in [-0.1, -0.05) is 32.9 Å². The van der Waals surface area contributed by atoms with Crippen LogP contribution in [0.1, 0.15) is 26.3 Å². The van der Waals surface area contributed by atoms with E-state index >= 15 is 0 Å². The minimum atomic E-state index is -0.265. The minimum absolute atomic E-state index is 0.0277. The van der Waals surface area contributed by atoms with Gasteiger partial charge in [-0.05, 0) is 29.2 Å². The number of nitrogens with one attached hydrogen (secondary N) is 1. The van der Waals surface area contributed by atoms with E-state index in [-0.39, 0.29) is 11.2 Å². The van der Waals surface area contributed by atoms with Gasteiger partial charge in [0.2, 0.25) is 0 Å². The fraction of sp³-hybridized carbons (Fsp3) is 0.267. The molecule has 1 aromatic carbocycles. The Bertz CT molecular complexity index is 544. The van der Waals surface area contributed by atoms with Gasteiger partial charge >= 0.3 is 0 Å². The van der Waals surface area contributed by atoms with Crippen LogP contribution in [-0.4, -0.2) is 4.98 Å². The first kappa shape index (κ1) is 12.6. The van der Waals surface area contributed by atoms with Crippen LogP contribution in [-0.2, 0) is 5.41 Å². The molecule has 1 heterocycles. The number of benzene rings is 1. The zero-order valence-electron chi connectivity index (χ0n) is 10.9. The fourth-order valence-electron chi connectivity index (χ4n) is 1.64. The van der Waals surface area contributed by atoms with Crippen molar-refractivity contribution in [1.29, 1.82) is 0 Å². The van der Waals surface area contributed by atoms with Crippen molar-refractivity contribution in [2.45, 2.75) is 26.2 Å². The molecule has 2 nitrogen and oxygen atoms in total. The maximum Gasteiger partial charge on any atom is 0.146 e. The van der Waals surface area contributed by atoms with E-state index in [0.717, 1.165) is 11.3 Å². The molecule has 0 amide bonds. The Labute approximate surface area is 107 Å². The first-order chi connectivity index (χ1) is 8.47. The number of hydrogen-bond donors (Lipinski definition) is 1. The molecule has 0 saturated heterocycles. The van der Waals surface area contributed by atoms with Crippen molar-refractivity contribution in [2.75, 3.05) is 5.32 Å². The number of halogens is 1. The topological polar surface area (TPSA) is 24.9 Å². The van der Waals surface area contributed by atoms with E-state index in [0.29, 0.717) is 5.69 Å². The first-order valence-corrected chi connectivity index (χ1v) is 5.94. The number of hydrogen-bond acceptors (Lipinski definition) is 2. The fourth-order valence-corrected chi connectivity index (χ4v) is 1.64. The Kier molecular flexibility index (Phi) is 3.32. The van der Waals surface area contributed by atoms with Gasteiger partial charge in [0.05, 0.1) is 17.6 Å².